The Morgan fingerprint density at radius 3 is 2.47 bits per heavy atom. The van der Waals surface area contributed by atoms with Crippen molar-refractivity contribution in [1.82, 2.24) is 30.8 Å². The highest BCUT2D eigenvalue weighted by Crippen LogP contribution is 2.22. The van der Waals surface area contributed by atoms with Crippen molar-refractivity contribution >= 4 is 28.8 Å². The number of aliphatic hydroxyl groups excluding tert-OH is 1. The minimum absolute atomic E-state index is 0.0316. The zero-order valence-corrected chi connectivity index (χ0v) is 27.3. The summed E-state index contributed by atoms with van der Waals surface area (Å²) in [5, 5.41) is 20.3. The Labute approximate surface area is 266 Å². The average molecular weight is 619 g/mol. The largest absolute Gasteiger partial charge is 0.392 e. The normalized spacial score (nSPS) is 18.2. The Morgan fingerprint density at radius 1 is 1.07 bits per heavy atom. The number of aromatic amines is 1. The Balaban J connectivity index is 1.43. The summed E-state index contributed by atoms with van der Waals surface area (Å²) in [5.74, 6) is -0.622. The molecule has 4 rings (SSSR count). The highest BCUT2D eigenvalue weighted by molar-refractivity contribution is 5.89. The lowest BCUT2D eigenvalue weighted by molar-refractivity contribution is -0.133. The molecule has 5 atom stereocenters. The lowest BCUT2D eigenvalue weighted by Gasteiger charge is -2.31. The molecule has 0 radical (unpaired) electrons. The Bertz CT molecular complexity index is 1390. The van der Waals surface area contributed by atoms with Crippen molar-refractivity contribution in [1.29, 1.82) is 0 Å². The van der Waals surface area contributed by atoms with E-state index in [2.05, 4.69) is 25.9 Å². The number of hydrogen-bond donors (Lipinski definition) is 5. The van der Waals surface area contributed by atoms with Crippen molar-refractivity contribution in [2.24, 2.45) is 11.8 Å². The molecule has 0 aliphatic carbocycles. The summed E-state index contributed by atoms with van der Waals surface area (Å²) in [6.07, 6.45) is 2.12. The first kappa shape index (κ1) is 34.1. The molecule has 10 heteroatoms. The van der Waals surface area contributed by atoms with E-state index in [0.29, 0.717) is 25.2 Å². The lowest BCUT2D eigenvalue weighted by atomic mass is 9.91. The zero-order valence-electron chi connectivity index (χ0n) is 27.3. The molecule has 244 valence electrons. The molecule has 1 unspecified atom stereocenters. The van der Waals surface area contributed by atoms with E-state index in [4.69, 9.17) is 0 Å². The number of imidazole rings is 1. The molecule has 5 N–H and O–H groups in total. The van der Waals surface area contributed by atoms with E-state index in [1.54, 1.807) is 0 Å². The van der Waals surface area contributed by atoms with Crippen LogP contribution in [0.1, 0.15) is 71.7 Å². The maximum atomic E-state index is 13.9. The number of carbonyl (C=O) groups is 3. The summed E-state index contributed by atoms with van der Waals surface area (Å²) >= 11 is 0. The van der Waals surface area contributed by atoms with E-state index in [-0.39, 0.29) is 48.2 Å². The standard InChI is InChI=1S/C35H50N6O4/c1-6-23(2)31(34(45)36-21-30-37-27-15-10-11-16-28(27)38-30)39-32(43)25(19-24-13-8-7-9-14-24)20-26(42)22-41-18-12-17-29(41)33(44)40-35(3,4)5/h7-11,13-16,23,25-26,29,31,42H,6,12,17-22H2,1-5H3,(H,36,45)(H,37,38)(H,39,43)(H,40,44)/t23-,25-,26?,29-,31-/m0/s1. The van der Waals surface area contributed by atoms with Crippen molar-refractivity contribution < 1.29 is 19.5 Å². The predicted molar refractivity (Wildman–Crippen MR) is 176 cm³/mol. The monoisotopic (exact) mass is 618 g/mol. The molecule has 1 aliphatic rings. The third kappa shape index (κ3) is 9.86. The number of fused-ring (bicyclic) bond motifs is 1. The smallest absolute Gasteiger partial charge is 0.243 e. The Hall–Kier alpha value is -3.76. The molecule has 3 amide bonds. The first-order chi connectivity index (χ1) is 21.4. The van der Waals surface area contributed by atoms with Crippen LogP contribution in [-0.2, 0) is 27.3 Å². The molecule has 1 aromatic heterocycles. The number of rotatable bonds is 14. The highest BCUT2D eigenvalue weighted by atomic mass is 16.3. The quantitative estimate of drug-likeness (QED) is 0.187. The van der Waals surface area contributed by atoms with Gasteiger partial charge in [-0.3, -0.25) is 19.3 Å². The Morgan fingerprint density at radius 2 is 1.78 bits per heavy atom. The molecule has 2 aromatic carbocycles. The van der Waals surface area contributed by atoms with Crippen molar-refractivity contribution in [3.05, 3.63) is 66.0 Å². The van der Waals surface area contributed by atoms with Gasteiger partial charge in [-0.15, -0.1) is 0 Å². The van der Waals surface area contributed by atoms with Gasteiger partial charge in [0.25, 0.3) is 0 Å². The van der Waals surface area contributed by atoms with Crippen LogP contribution in [0.3, 0.4) is 0 Å². The van der Waals surface area contributed by atoms with Gasteiger partial charge >= 0.3 is 0 Å². The SMILES string of the molecule is CC[C@H](C)[C@H](NC(=O)[C@@H](Cc1ccccc1)CC(O)CN1CCC[C@H]1C(=O)NC(C)(C)C)C(=O)NCc1nc2ccccc2[nH]1. The number of benzene rings is 2. The molecular weight excluding hydrogens is 568 g/mol. The van der Waals surface area contributed by atoms with Gasteiger partial charge in [-0.1, -0.05) is 62.7 Å². The number of carbonyl (C=O) groups excluding carboxylic acids is 3. The van der Waals surface area contributed by atoms with Crippen LogP contribution in [0.25, 0.3) is 11.0 Å². The number of H-pyrrole nitrogens is 1. The summed E-state index contributed by atoms with van der Waals surface area (Å²) in [7, 11) is 0. The van der Waals surface area contributed by atoms with E-state index in [1.165, 1.54) is 0 Å². The number of β-amino-alcohol motifs (C(OH)–C–C–N with tert-alkyl or cyclic N) is 1. The van der Waals surface area contributed by atoms with Crippen LogP contribution < -0.4 is 16.0 Å². The summed E-state index contributed by atoms with van der Waals surface area (Å²) in [5.41, 5.74) is 2.35. The van der Waals surface area contributed by atoms with Gasteiger partial charge in [0.1, 0.15) is 11.9 Å². The van der Waals surface area contributed by atoms with Crippen LogP contribution in [0, 0.1) is 11.8 Å². The maximum absolute atomic E-state index is 13.9. The number of nitrogens with zero attached hydrogens (tertiary/aromatic N) is 2. The summed E-state index contributed by atoms with van der Waals surface area (Å²) in [6, 6.07) is 16.3. The fraction of sp³-hybridized carbons (Fsp3) is 0.543. The van der Waals surface area contributed by atoms with Crippen LogP contribution in [0.15, 0.2) is 54.6 Å². The summed E-state index contributed by atoms with van der Waals surface area (Å²) < 4.78 is 0. The van der Waals surface area contributed by atoms with Gasteiger partial charge in [0.2, 0.25) is 17.7 Å². The van der Waals surface area contributed by atoms with Crippen molar-refractivity contribution in [3.63, 3.8) is 0 Å². The second-order valence-electron chi connectivity index (χ2n) is 13.5. The van der Waals surface area contributed by atoms with Crippen molar-refractivity contribution in [2.75, 3.05) is 13.1 Å². The van der Waals surface area contributed by atoms with Crippen LogP contribution in [0.5, 0.6) is 0 Å². The predicted octanol–water partition coefficient (Wildman–Crippen LogP) is 3.70. The third-order valence-corrected chi connectivity index (χ3v) is 8.52. The van der Waals surface area contributed by atoms with E-state index in [0.717, 1.165) is 36.0 Å². The van der Waals surface area contributed by atoms with Gasteiger partial charge < -0.3 is 26.0 Å². The molecule has 0 bridgehead atoms. The molecule has 2 heterocycles. The number of hydrogen-bond acceptors (Lipinski definition) is 6. The van der Waals surface area contributed by atoms with Crippen LogP contribution >= 0.6 is 0 Å². The van der Waals surface area contributed by atoms with Crippen molar-refractivity contribution in [3.8, 4) is 0 Å². The molecule has 45 heavy (non-hydrogen) atoms. The van der Waals surface area contributed by atoms with Gasteiger partial charge in [0, 0.05) is 18.0 Å². The first-order valence-electron chi connectivity index (χ1n) is 16.2. The molecule has 0 spiro atoms. The molecule has 1 saturated heterocycles. The number of nitrogens with one attached hydrogen (secondary N) is 4. The van der Waals surface area contributed by atoms with Gasteiger partial charge in [-0.2, -0.15) is 0 Å². The molecule has 1 fully saturated rings. The van der Waals surface area contributed by atoms with Gasteiger partial charge in [-0.05, 0) is 76.6 Å². The minimum Gasteiger partial charge on any atom is -0.392 e. The second-order valence-corrected chi connectivity index (χ2v) is 13.5. The average Bonchev–Trinajstić information content (AvgIpc) is 3.64. The molecular formula is C35H50N6O4. The number of amides is 3. The molecule has 1 aliphatic heterocycles. The lowest BCUT2D eigenvalue weighted by Crippen LogP contribution is -2.53. The minimum atomic E-state index is -0.823. The van der Waals surface area contributed by atoms with Gasteiger partial charge in [0.15, 0.2) is 0 Å². The zero-order chi connectivity index (χ0) is 32.6. The van der Waals surface area contributed by atoms with E-state index in [9.17, 15) is 19.5 Å². The van der Waals surface area contributed by atoms with Crippen molar-refractivity contribution in [2.45, 2.75) is 97.0 Å². The van der Waals surface area contributed by atoms with E-state index < -0.39 is 18.1 Å². The van der Waals surface area contributed by atoms with E-state index in [1.807, 2.05) is 94.1 Å². The van der Waals surface area contributed by atoms with Crippen LogP contribution in [-0.4, -0.2) is 74.5 Å². The van der Waals surface area contributed by atoms with E-state index >= 15 is 0 Å². The maximum Gasteiger partial charge on any atom is 0.243 e. The van der Waals surface area contributed by atoms with Gasteiger partial charge in [0.05, 0.1) is 29.7 Å². The number of likely N-dealkylation sites (tertiary alicyclic amines) is 1. The number of para-hydroxylation sites is 2. The fourth-order valence-electron chi connectivity index (χ4n) is 5.99. The van der Waals surface area contributed by atoms with Crippen LogP contribution in [0.4, 0.5) is 0 Å². The molecule has 10 nitrogen and oxygen atoms in total. The van der Waals surface area contributed by atoms with Crippen LogP contribution in [0.2, 0.25) is 0 Å². The molecule has 3 aromatic rings. The Kier molecular flexibility index (Phi) is 11.7. The third-order valence-electron chi connectivity index (χ3n) is 8.52. The fourth-order valence-corrected chi connectivity index (χ4v) is 5.99. The molecule has 0 saturated carbocycles. The van der Waals surface area contributed by atoms with Gasteiger partial charge in [-0.25, -0.2) is 4.98 Å². The number of aromatic nitrogens is 2. The highest BCUT2D eigenvalue weighted by Gasteiger charge is 2.35. The topological polar surface area (TPSA) is 139 Å². The first-order valence-corrected chi connectivity index (χ1v) is 16.2. The summed E-state index contributed by atoms with van der Waals surface area (Å²) in [6.45, 7) is 11.0. The summed E-state index contributed by atoms with van der Waals surface area (Å²) in [4.78, 5) is 50.0. The second kappa shape index (κ2) is 15.5. The number of aliphatic hydroxyl groups is 1.